The lowest BCUT2D eigenvalue weighted by molar-refractivity contribution is 0.527. The topological polar surface area (TPSA) is 43.8 Å². The fourth-order valence-corrected chi connectivity index (χ4v) is 1.81. The van der Waals surface area contributed by atoms with Gasteiger partial charge in [0, 0.05) is 17.3 Å². The minimum absolute atomic E-state index is 0.0852. The van der Waals surface area contributed by atoms with Crippen molar-refractivity contribution in [1.82, 2.24) is 9.78 Å². The molecule has 1 atom stereocenters. The number of hydrogen-bond acceptors (Lipinski definition) is 2. The van der Waals surface area contributed by atoms with Crippen molar-refractivity contribution in [2.24, 2.45) is 5.73 Å². The number of nitrogens with zero attached hydrogens (tertiary/aromatic N) is 2. The molecule has 0 amide bonds. The standard InChI is InChI=1S/C12H14ClN3/c1-9-6-15-16(7-9)8-12(14)10-3-2-4-11(13)5-10/h2-7,12H,8,14H2,1H3. The zero-order valence-electron chi connectivity index (χ0n) is 9.10. The van der Waals surface area contributed by atoms with E-state index in [4.69, 9.17) is 17.3 Å². The lowest BCUT2D eigenvalue weighted by Crippen LogP contribution is -2.17. The zero-order chi connectivity index (χ0) is 11.5. The van der Waals surface area contributed by atoms with Gasteiger partial charge in [0.1, 0.15) is 0 Å². The van der Waals surface area contributed by atoms with Gasteiger partial charge in [-0.1, -0.05) is 23.7 Å². The van der Waals surface area contributed by atoms with Gasteiger partial charge in [-0.3, -0.25) is 4.68 Å². The Bertz CT molecular complexity index is 479. The van der Waals surface area contributed by atoms with Crippen molar-refractivity contribution >= 4 is 11.6 Å². The number of aromatic nitrogens is 2. The molecule has 1 heterocycles. The highest BCUT2D eigenvalue weighted by molar-refractivity contribution is 6.30. The summed E-state index contributed by atoms with van der Waals surface area (Å²) in [5.74, 6) is 0. The molecular weight excluding hydrogens is 222 g/mol. The van der Waals surface area contributed by atoms with Crippen LogP contribution in [0.15, 0.2) is 36.7 Å². The van der Waals surface area contributed by atoms with E-state index in [1.54, 1.807) is 0 Å². The van der Waals surface area contributed by atoms with Gasteiger partial charge in [-0.2, -0.15) is 5.10 Å². The third kappa shape index (κ3) is 2.62. The van der Waals surface area contributed by atoms with E-state index in [1.807, 2.05) is 48.3 Å². The Morgan fingerprint density at radius 2 is 2.31 bits per heavy atom. The van der Waals surface area contributed by atoms with E-state index in [1.165, 1.54) is 0 Å². The van der Waals surface area contributed by atoms with Gasteiger partial charge in [-0.25, -0.2) is 0 Å². The Labute approximate surface area is 99.8 Å². The van der Waals surface area contributed by atoms with Crippen LogP contribution in [0.25, 0.3) is 0 Å². The summed E-state index contributed by atoms with van der Waals surface area (Å²) in [6, 6.07) is 7.54. The van der Waals surface area contributed by atoms with Crippen molar-refractivity contribution in [2.45, 2.75) is 19.5 Å². The fourth-order valence-electron chi connectivity index (χ4n) is 1.61. The quantitative estimate of drug-likeness (QED) is 0.889. The Balaban J connectivity index is 2.11. The maximum atomic E-state index is 6.09. The predicted molar refractivity (Wildman–Crippen MR) is 65.3 cm³/mol. The lowest BCUT2D eigenvalue weighted by Gasteiger charge is -2.12. The molecule has 0 aliphatic heterocycles. The van der Waals surface area contributed by atoms with Gasteiger partial charge in [0.05, 0.1) is 12.7 Å². The molecule has 0 radical (unpaired) electrons. The summed E-state index contributed by atoms with van der Waals surface area (Å²) >= 11 is 5.92. The van der Waals surface area contributed by atoms with E-state index in [9.17, 15) is 0 Å². The molecule has 2 aromatic rings. The first-order valence-electron chi connectivity index (χ1n) is 5.15. The van der Waals surface area contributed by atoms with Crippen molar-refractivity contribution in [3.63, 3.8) is 0 Å². The molecule has 1 aromatic heterocycles. The smallest absolute Gasteiger partial charge is 0.0602 e. The van der Waals surface area contributed by atoms with E-state index < -0.39 is 0 Å². The van der Waals surface area contributed by atoms with E-state index >= 15 is 0 Å². The highest BCUT2D eigenvalue weighted by Gasteiger charge is 2.07. The molecule has 1 aromatic carbocycles. The molecule has 2 rings (SSSR count). The molecule has 2 N–H and O–H groups in total. The Morgan fingerprint density at radius 3 is 2.94 bits per heavy atom. The van der Waals surface area contributed by atoms with Crippen LogP contribution < -0.4 is 5.73 Å². The summed E-state index contributed by atoms with van der Waals surface area (Å²) in [5, 5.41) is 4.92. The van der Waals surface area contributed by atoms with Gasteiger partial charge >= 0.3 is 0 Å². The zero-order valence-corrected chi connectivity index (χ0v) is 9.85. The second-order valence-electron chi connectivity index (χ2n) is 3.90. The summed E-state index contributed by atoms with van der Waals surface area (Å²) in [6.07, 6.45) is 3.80. The predicted octanol–water partition coefficient (Wildman–Crippen LogP) is 2.54. The maximum Gasteiger partial charge on any atom is 0.0602 e. The summed E-state index contributed by atoms with van der Waals surface area (Å²) in [7, 11) is 0. The van der Waals surface area contributed by atoms with Crippen LogP contribution in [0.5, 0.6) is 0 Å². The average molecular weight is 236 g/mol. The van der Waals surface area contributed by atoms with Gasteiger partial charge in [0.15, 0.2) is 0 Å². The normalized spacial score (nSPS) is 12.7. The molecule has 0 saturated carbocycles. The van der Waals surface area contributed by atoms with Gasteiger partial charge in [-0.05, 0) is 30.2 Å². The Hall–Kier alpha value is -1.32. The summed E-state index contributed by atoms with van der Waals surface area (Å²) < 4.78 is 1.85. The van der Waals surface area contributed by atoms with Crippen LogP contribution in [0.3, 0.4) is 0 Å². The van der Waals surface area contributed by atoms with Crippen molar-refractivity contribution in [2.75, 3.05) is 0 Å². The summed E-state index contributed by atoms with van der Waals surface area (Å²) in [6.45, 7) is 2.67. The fraction of sp³-hybridized carbons (Fsp3) is 0.250. The third-order valence-corrected chi connectivity index (χ3v) is 2.66. The average Bonchev–Trinajstić information content (AvgIpc) is 2.64. The Kier molecular flexibility index (Phi) is 3.27. The van der Waals surface area contributed by atoms with Crippen LogP contribution in [0.4, 0.5) is 0 Å². The molecule has 1 unspecified atom stereocenters. The van der Waals surface area contributed by atoms with Crippen LogP contribution in [-0.2, 0) is 6.54 Å². The van der Waals surface area contributed by atoms with Crippen molar-refractivity contribution in [3.05, 3.63) is 52.8 Å². The lowest BCUT2D eigenvalue weighted by atomic mass is 10.1. The molecule has 0 bridgehead atoms. The van der Waals surface area contributed by atoms with Gasteiger partial charge in [-0.15, -0.1) is 0 Å². The third-order valence-electron chi connectivity index (χ3n) is 2.42. The molecule has 16 heavy (non-hydrogen) atoms. The highest BCUT2D eigenvalue weighted by Crippen LogP contribution is 2.17. The molecule has 0 aliphatic rings. The van der Waals surface area contributed by atoms with E-state index in [0.29, 0.717) is 11.6 Å². The second-order valence-corrected chi connectivity index (χ2v) is 4.34. The van der Waals surface area contributed by atoms with Crippen molar-refractivity contribution < 1.29 is 0 Å². The second kappa shape index (κ2) is 4.68. The summed E-state index contributed by atoms with van der Waals surface area (Å²) in [5.41, 5.74) is 8.25. The van der Waals surface area contributed by atoms with Crippen LogP contribution in [0.2, 0.25) is 5.02 Å². The molecule has 0 saturated heterocycles. The molecule has 4 heteroatoms. The van der Waals surface area contributed by atoms with E-state index in [-0.39, 0.29) is 6.04 Å². The summed E-state index contributed by atoms with van der Waals surface area (Å²) in [4.78, 5) is 0. The minimum atomic E-state index is -0.0852. The first-order valence-corrected chi connectivity index (χ1v) is 5.53. The van der Waals surface area contributed by atoms with Gasteiger partial charge in [0.25, 0.3) is 0 Å². The van der Waals surface area contributed by atoms with Crippen molar-refractivity contribution in [3.8, 4) is 0 Å². The number of halogens is 1. The maximum absolute atomic E-state index is 6.09. The number of hydrogen-bond donors (Lipinski definition) is 1. The highest BCUT2D eigenvalue weighted by atomic mass is 35.5. The molecule has 0 aliphatic carbocycles. The molecule has 3 nitrogen and oxygen atoms in total. The molecule has 84 valence electrons. The SMILES string of the molecule is Cc1cnn(CC(N)c2cccc(Cl)c2)c1. The van der Waals surface area contributed by atoms with Crippen LogP contribution in [-0.4, -0.2) is 9.78 Å². The van der Waals surface area contributed by atoms with Crippen LogP contribution >= 0.6 is 11.6 Å². The number of benzene rings is 1. The number of aryl methyl sites for hydroxylation is 1. The van der Waals surface area contributed by atoms with E-state index in [0.717, 1.165) is 11.1 Å². The monoisotopic (exact) mass is 235 g/mol. The largest absolute Gasteiger partial charge is 0.322 e. The van der Waals surface area contributed by atoms with Crippen LogP contribution in [0.1, 0.15) is 17.2 Å². The number of rotatable bonds is 3. The van der Waals surface area contributed by atoms with Gasteiger partial charge in [0.2, 0.25) is 0 Å². The molecule has 0 spiro atoms. The first-order chi connectivity index (χ1) is 7.65. The molecular formula is C12H14ClN3. The first kappa shape index (κ1) is 11.2. The number of nitrogens with two attached hydrogens (primary N) is 1. The Morgan fingerprint density at radius 1 is 1.50 bits per heavy atom. The molecule has 0 fully saturated rings. The van der Waals surface area contributed by atoms with Gasteiger partial charge < -0.3 is 5.73 Å². The van der Waals surface area contributed by atoms with Crippen LogP contribution in [0, 0.1) is 6.92 Å². The van der Waals surface area contributed by atoms with E-state index in [2.05, 4.69) is 5.10 Å². The van der Waals surface area contributed by atoms with Crippen molar-refractivity contribution in [1.29, 1.82) is 0 Å². The minimum Gasteiger partial charge on any atom is -0.322 e.